The van der Waals surface area contributed by atoms with E-state index in [1.807, 2.05) is 0 Å². The summed E-state index contributed by atoms with van der Waals surface area (Å²) in [5.41, 5.74) is 5.28. The smallest absolute Gasteiger partial charge is 0.286 e. The Morgan fingerprint density at radius 2 is 2.00 bits per heavy atom. The number of hydrogen-bond donors (Lipinski definition) is 3. The molecule has 0 unspecified atom stereocenters. The van der Waals surface area contributed by atoms with Crippen LogP contribution < -0.4 is 10.9 Å². The van der Waals surface area contributed by atoms with Gasteiger partial charge in [-0.2, -0.15) is 0 Å². The first-order valence-corrected chi connectivity index (χ1v) is 6.41. The highest BCUT2D eigenvalue weighted by atomic mass is 79.9. The van der Waals surface area contributed by atoms with E-state index in [4.69, 9.17) is 11.6 Å². The Morgan fingerprint density at radius 3 is 2.53 bits per heavy atom. The SMILES string of the molecule is Cn1cc(Br)cc1C(=O)NNC(=O)c1cc(Cl)c[nH]1. The molecule has 0 fully saturated rings. The molecule has 2 rings (SSSR count). The minimum atomic E-state index is -0.478. The fourth-order valence-electron chi connectivity index (χ4n) is 1.49. The molecule has 0 aliphatic heterocycles. The van der Waals surface area contributed by atoms with Gasteiger partial charge >= 0.3 is 0 Å². The highest BCUT2D eigenvalue weighted by molar-refractivity contribution is 9.10. The molecule has 2 amide bonds. The van der Waals surface area contributed by atoms with Gasteiger partial charge in [-0.15, -0.1) is 0 Å². The molecule has 0 saturated carbocycles. The van der Waals surface area contributed by atoms with Crippen LogP contribution >= 0.6 is 27.5 Å². The maximum atomic E-state index is 11.8. The first kappa shape index (κ1) is 13.7. The Balaban J connectivity index is 1.97. The third kappa shape index (κ3) is 3.18. The second-order valence-electron chi connectivity index (χ2n) is 3.79. The predicted octanol–water partition coefficient (Wildman–Crippen LogP) is 1.84. The van der Waals surface area contributed by atoms with Gasteiger partial charge in [0.1, 0.15) is 11.4 Å². The van der Waals surface area contributed by atoms with E-state index >= 15 is 0 Å². The van der Waals surface area contributed by atoms with E-state index in [1.54, 1.807) is 23.9 Å². The average molecular weight is 346 g/mol. The molecule has 0 radical (unpaired) electrons. The summed E-state index contributed by atoms with van der Waals surface area (Å²) >= 11 is 8.94. The molecular weight excluding hydrogens is 336 g/mol. The van der Waals surface area contributed by atoms with Gasteiger partial charge in [0.05, 0.1) is 5.02 Å². The zero-order valence-corrected chi connectivity index (χ0v) is 12.2. The van der Waals surface area contributed by atoms with Crippen molar-refractivity contribution in [3.8, 4) is 0 Å². The highest BCUT2D eigenvalue weighted by Gasteiger charge is 2.13. The molecule has 0 aliphatic carbocycles. The number of nitrogens with zero attached hydrogens (tertiary/aromatic N) is 1. The van der Waals surface area contributed by atoms with Crippen molar-refractivity contribution in [2.24, 2.45) is 7.05 Å². The van der Waals surface area contributed by atoms with Crippen molar-refractivity contribution in [2.45, 2.75) is 0 Å². The Kier molecular flexibility index (Phi) is 3.96. The lowest BCUT2D eigenvalue weighted by atomic mass is 10.4. The molecule has 0 aromatic carbocycles. The number of nitrogens with one attached hydrogen (secondary N) is 3. The molecule has 2 aromatic rings. The Morgan fingerprint density at radius 1 is 1.32 bits per heavy atom. The van der Waals surface area contributed by atoms with E-state index in [0.717, 1.165) is 4.47 Å². The quantitative estimate of drug-likeness (QED) is 0.726. The molecule has 8 heteroatoms. The lowest BCUT2D eigenvalue weighted by molar-refractivity contribution is 0.0840. The molecule has 100 valence electrons. The average Bonchev–Trinajstić information content (AvgIpc) is 2.92. The molecule has 2 heterocycles. The molecule has 3 N–H and O–H groups in total. The lowest BCUT2D eigenvalue weighted by Gasteiger charge is -2.06. The number of H-pyrrole nitrogens is 1. The zero-order valence-electron chi connectivity index (χ0n) is 9.83. The van der Waals surface area contributed by atoms with Gasteiger partial charge in [0, 0.05) is 23.9 Å². The van der Waals surface area contributed by atoms with Crippen LogP contribution in [0.25, 0.3) is 0 Å². The topological polar surface area (TPSA) is 78.9 Å². The van der Waals surface area contributed by atoms with E-state index in [2.05, 4.69) is 31.8 Å². The van der Waals surface area contributed by atoms with Gasteiger partial charge in [0.15, 0.2) is 0 Å². The normalized spacial score (nSPS) is 10.3. The number of rotatable bonds is 2. The van der Waals surface area contributed by atoms with Crippen LogP contribution in [0.4, 0.5) is 0 Å². The number of aromatic amines is 1. The highest BCUT2D eigenvalue weighted by Crippen LogP contribution is 2.13. The Hall–Kier alpha value is -1.73. The number of hydrogen-bond acceptors (Lipinski definition) is 2. The monoisotopic (exact) mass is 344 g/mol. The zero-order chi connectivity index (χ0) is 14.0. The van der Waals surface area contributed by atoms with Gasteiger partial charge in [0.2, 0.25) is 0 Å². The van der Waals surface area contributed by atoms with Crippen LogP contribution in [-0.4, -0.2) is 21.4 Å². The predicted molar refractivity (Wildman–Crippen MR) is 73.8 cm³/mol. The van der Waals surface area contributed by atoms with Crippen molar-refractivity contribution in [1.29, 1.82) is 0 Å². The molecule has 0 spiro atoms. The van der Waals surface area contributed by atoms with Gasteiger partial charge in [0.25, 0.3) is 11.8 Å². The fourth-order valence-corrected chi connectivity index (χ4v) is 2.18. The molecule has 2 aromatic heterocycles. The number of carbonyl (C=O) groups excluding carboxylic acids is 2. The summed E-state index contributed by atoms with van der Waals surface area (Å²) in [5.74, 6) is -0.896. The second-order valence-corrected chi connectivity index (χ2v) is 5.15. The first-order valence-electron chi connectivity index (χ1n) is 5.24. The maximum Gasteiger partial charge on any atom is 0.286 e. The molecule has 19 heavy (non-hydrogen) atoms. The van der Waals surface area contributed by atoms with Crippen molar-refractivity contribution < 1.29 is 9.59 Å². The summed E-state index contributed by atoms with van der Waals surface area (Å²) < 4.78 is 2.42. The number of hydrazine groups is 1. The van der Waals surface area contributed by atoms with E-state index in [9.17, 15) is 9.59 Å². The van der Waals surface area contributed by atoms with E-state index < -0.39 is 11.8 Å². The van der Waals surface area contributed by atoms with Crippen molar-refractivity contribution >= 4 is 39.3 Å². The van der Waals surface area contributed by atoms with E-state index in [1.165, 1.54) is 12.3 Å². The van der Waals surface area contributed by atoms with Crippen molar-refractivity contribution in [3.05, 3.63) is 45.4 Å². The number of aryl methyl sites for hydroxylation is 1. The number of halogens is 2. The number of aromatic nitrogens is 2. The molecule has 6 nitrogen and oxygen atoms in total. The summed E-state index contributed by atoms with van der Waals surface area (Å²) in [4.78, 5) is 26.1. The fraction of sp³-hybridized carbons (Fsp3) is 0.0909. The number of carbonyl (C=O) groups is 2. The number of amides is 2. The van der Waals surface area contributed by atoms with Crippen molar-refractivity contribution in [3.63, 3.8) is 0 Å². The Labute approximate surface area is 122 Å². The van der Waals surface area contributed by atoms with Gasteiger partial charge in [-0.25, -0.2) is 0 Å². The summed E-state index contributed by atoms with van der Waals surface area (Å²) in [6, 6.07) is 3.11. The van der Waals surface area contributed by atoms with E-state index in [-0.39, 0.29) is 5.69 Å². The third-order valence-electron chi connectivity index (χ3n) is 2.39. The van der Waals surface area contributed by atoms with Crippen LogP contribution in [0.15, 0.2) is 29.0 Å². The van der Waals surface area contributed by atoms with Crippen LogP contribution in [-0.2, 0) is 7.05 Å². The molecule has 0 bridgehead atoms. The second kappa shape index (κ2) is 5.50. The maximum absolute atomic E-state index is 11.8. The van der Waals surface area contributed by atoms with Crippen LogP contribution in [0.2, 0.25) is 5.02 Å². The Bertz CT molecular complexity index is 634. The van der Waals surface area contributed by atoms with Crippen LogP contribution in [0.1, 0.15) is 21.0 Å². The van der Waals surface area contributed by atoms with Gasteiger partial charge in [-0.05, 0) is 28.1 Å². The third-order valence-corrected chi connectivity index (χ3v) is 3.04. The lowest BCUT2D eigenvalue weighted by Crippen LogP contribution is -2.42. The molecule has 0 atom stereocenters. The molecule has 0 saturated heterocycles. The van der Waals surface area contributed by atoms with Gasteiger partial charge in [-0.1, -0.05) is 11.6 Å². The van der Waals surface area contributed by atoms with Crippen LogP contribution in [0.5, 0.6) is 0 Å². The summed E-state index contributed by atoms with van der Waals surface area (Å²) in [6.07, 6.45) is 3.22. The summed E-state index contributed by atoms with van der Waals surface area (Å²) in [5, 5.41) is 0.419. The van der Waals surface area contributed by atoms with Gasteiger partial charge in [-0.3, -0.25) is 20.4 Å². The largest absolute Gasteiger partial charge is 0.356 e. The van der Waals surface area contributed by atoms with Crippen molar-refractivity contribution in [1.82, 2.24) is 20.4 Å². The minimum Gasteiger partial charge on any atom is -0.356 e. The summed E-state index contributed by atoms with van der Waals surface area (Å²) in [7, 11) is 1.73. The molecular formula is C11H10BrClN4O2. The van der Waals surface area contributed by atoms with Crippen molar-refractivity contribution in [2.75, 3.05) is 0 Å². The standard InChI is InChI=1S/C11H10BrClN4O2/c1-17-5-6(12)2-9(17)11(19)16-15-10(18)8-3-7(13)4-14-8/h2-5,14H,1H3,(H,15,18)(H,16,19). The minimum absolute atomic E-state index is 0.262. The van der Waals surface area contributed by atoms with Crippen LogP contribution in [0, 0.1) is 0 Å². The van der Waals surface area contributed by atoms with Gasteiger partial charge < -0.3 is 9.55 Å². The van der Waals surface area contributed by atoms with Crippen LogP contribution in [0.3, 0.4) is 0 Å². The molecule has 0 aliphatic rings. The summed E-state index contributed by atoms with van der Waals surface area (Å²) in [6.45, 7) is 0. The van der Waals surface area contributed by atoms with E-state index in [0.29, 0.717) is 10.7 Å². The first-order chi connectivity index (χ1) is 8.97.